The number of rotatable bonds is 4. The number of carboxylic acid groups (broad SMARTS) is 1. The molecule has 7 nitrogen and oxygen atoms in total. The molecule has 0 unspecified atom stereocenters. The molecule has 8 heteroatoms. The third kappa shape index (κ3) is 2.95. The Morgan fingerprint density at radius 1 is 1.61 bits per heavy atom. The molecule has 0 radical (unpaired) electrons. The average Bonchev–Trinajstić information content (AvgIpc) is 2.30. The number of aromatic carboxylic acids is 1. The van der Waals surface area contributed by atoms with E-state index in [0.29, 0.717) is 5.56 Å². The predicted molar refractivity (Wildman–Crippen MR) is 66.8 cm³/mol. The minimum absolute atomic E-state index is 0.0381. The van der Waals surface area contributed by atoms with Gasteiger partial charge in [0, 0.05) is 12.1 Å². The molecule has 0 aromatic heterocycles. The van der Waals surface area contributed by atoms with Gasteiger partial charge in [0.05, 0.1) is 22.1 Å². The first kappa shape index (κ1) is 13.9. The number of hydrogen-bond donors (Lipinski definition) is 2. The molecular formula is C10H10ClN3O4. The number of amidine groups is 1. The quantitative estimate of drug-likeness (QED) is 0.285. The lowest BCUT2D eigenvalue weighted by molar-refractivity contribution is -0.384. The van der Waals surface area contributed by atoms with E-state index < -0.39 is 10.9 Å². The molecule has 0 bridgehead atoms. The van der Waals surface area contributed by atoms with Gasteiger partial charge in [0.25, 0.3) is 5.69 Å². The van der Waals surface area contributed by atoms with Gasteiger partial charge in [-0.2, -0.15) is 0 Å². The molecule has 0 saturated heterocycles. The van der Waals surface area contributed by atoms with Gasteiger partial charge in [-0.25, -0.2) is 9.79 Å². The third-order valence-electron chi connectivity index (χ3n) is 2.12. The maximum atomic E-state index is 11.1. The summed E-state index contributed by atoms with van der Waals surface area (Å²) in [6.07, 6.45) is 0. The van der Waals surface area contributed by atoms with Crippen LogP contribution in [0.4, 0.5) is 11.4 Å². The fourth-order valence-electron chi connectivity index (χ4n) is 1.35. The number of hydrogen-bond acceptors (Lipinski definition) is 4. The number of alkyl halides is 1. The first-order chi connectivity index (χ1) is 8.36. The van der Waals surface area contributed by atoms with Crippen LogP contribution in [0.1, 0.15) is 15.9 Å². The summed E-state index contributed by atoms with van der Waals surface area (Å²) in [6, 6.07) is 2.17. The number of nitrogens with zero attached hydrogens (tertiary/aromatic N) is 2. The van der Waals surface area contributed by atoms with Gasteiger partial charge in [-0.3, -0.25) is 10.1 Å². The van der Waals surface area contributed by atoms with Crippen LogP contribution in [0.25, 0.3) is 0 Å². The zero-order valence-electron chi connectivity index (χ0n) is 9.38. The predicted octanol–water partition coefficient (Wildman–Crippen LogP) is 1.83. The van der Waals surface area contributed by atoms with Crippen molar-refractivity contribution >= 4 is 34.8 Å². The zero-order valence-corrected chi connectivity index (χ0v) is 10.1. The molecule has 0 spiro atoms. The van der Waals surface area contributed by atoms with Gasteiger partial charge in [-0.1, -0.05) is 0 Å². The Hall–Kier alpha value is -2.15. The Morgan fingerprint density at radius 2 is 2.22 bits per heavy atom. The van der Waals surface area contributed by atoms with Crippen LogP contribution in [-0.2, 0) is 0 Å². The van der Waals surface area contributed by atoms with E-state index in [4.69, 9.17) is 22.4 Å². The van der Waals surface area contributed by atoms with Crippen molar-refractivity contribution in [3.63, 3.8) is 0 Å². The minimum atomic E-state index is -1.32. The van der Waals surface area contributed by atoms with Crippen LogP contribution in [-0.4, -0.2) is 27.7 Å². The number of aliphatic imine (C=N–C) groups is 1. The van der Waals surface area contributed by atoms with E-state index in [1.807, 2.05) is 0 Å². The average molecular weight is 272 g/mol. The van der Waals surface area contributed by atoms with Crippen molar-refractivity contribution in [2.24, 2.45) is 10.7 Å². The van der Waals surface area contributed by atoms with E-state index in [-0.39, 0.29) is 28.7 Å². The van der Waals surface area contributed by atoms with Crippen LogP contribution in [0.15, 0.2) is 17.1 Å². The Morgan fingerprint density at radius 3 is 2.67 bits per heavy atom. The molecule has 0 atom stereocenters. The van der Waals surface area contributed by atoms with Gasteiger partial charge in [0.15, 0.2) is 0 Å². The molecule has 0 aliphatic heterocycles. The first-order valence-electron chi connectivity index (χ1n) is 4.78. The van der Waals surface area contributed by atoms with Gasteiger partial charge >= 0.3 is 5.97 Å². The normalized spacial score (nSPS) is 11.3. The number of benzene rings is 1. The largest absolute Gasteiger partial charge is 0.478 e. The molecular weight excluding hydrogens is 262 g/mol. The lowest BCUT2D eigenvalue weighted by atomic mass is 10.1. The van der Waals surface area contributed by atoms with Gasteiger partial charge in [0.2, 0.25) is 0 Å². The van der Waals surface area contributed by atoms with E-state index in [2.05, 4.69) is 4.99 Å². The second-order valence-corrected chi connectivity index (χ2v) is 3.73. The fourth-order valence-corrected chi connectivity index (χ4v) is 1.41. The second kappa shape index (κ2) is 5.46. The third-order valence-corrected chi connectivity index (χ3v) is 2.39. The number of nitro groups is 1. The summed E-state index contributed by atoms with van der Waals surface area (Å²) in [5.74, 6) is -1.34. The Bertz CT molecular complexity index is 542. The smallest absolute Gasteiger partial charge is 0.338 e. The summed E-state index contributed by atoms with van der Waals surface area (Å²) in [5, 5.41) is 19.7. The van der Waals surface area contributed by atoms with Crippen LogP contribution in [0, 0.1) is 17.0 Å². The number of nitrogens with two attached hydrogens (primary N) is 1. The van der Waals surface area contributed by atoms with Gasteiger partial charge in [0.1, 0.15) is 5.84 Å². The molecule has 0 aliphatic rings. The van der Waals surface area contributed by atoms with E-state index in [0.717, 1.165) is 6.07 Å². The van der Waals surface area contributed by atoms with Crippen LogP contribution in [0.2, 0.25) is 0 Å². The molecule has 0 fully saturated rings. The van der Waals surface area contributed by atoms with Crippen molar-refractivity contribution in [1.29, 1.82) is 0 Å². The molecule has 0 amide bonds. The molecule has 1 aromatic carbocycles. The number of halogens is 1. The van der Waals surface area contributed by atoms with Crippen molar-refractivity contribution < 1.29 is 14.8 Å². The lowest BCUT2D eigenvalue weighted by Crippen LogP contribution is -2.13. The summed E-state index contributed by atoms with van der Waals surface area (Å²) < 4.78 is 0. The first-order valence-corrected chi connectivity index (χ1v) is 5.31. The highest BCUT2D eigenvalue weighted by Gasteiger charge is 2.18. The highest BCUT2D eigenvalue weighted by Crippen LogP contribution is 2.29. The highest BCUT2D eigenvalue weighted by atomic mass is 35.5. The zero-order chi connectivity index (χ0) is 13.9. The molecule has 0 aliphatic carbocycles. The SMILES string of the molecule is Cc1cc([N+](=O)[O-])cc(C(=O)O)c1N=C(N)CCl. The molecule has 3 N–H and O–H groups in total. The maximum Gasteiger partial charge on any atom is 0.338 e. The molecule has 18 heavy (non-hydrogen) atoms. The van der Waals surface area contributed by atoms with E-state index >= 15 is 0 Å². The van der Waals surface area contributed by atoms with Crippen molar-refractivity contribution in [3.8, 4) is 0 Å². The Balaban J connectivity index is 3.51. The van der Waals surface area contributed by atoms with E-state index in [9.17, 15) is 14.9 Å². The summed E-state index contributed by atoms with van der Waals surface area (Å²) in [7, 11) is 0. The van der Waals surface area contributed by atoms with E-state index in [1.165, 1.54) is 13.0 Å². The van der Waals surface area contributed by atoms with Crippen LogP contribution < -0.4 is 5.73 Å². The number of carbonyl (C=O) groups is 1. The number of carboxylic acids is 1. The highest BCUT2D eigenvalue weighted by molar-refractivity contribution is 6.28. The monoisotopic (exact) mass is 271 g/mol. The van der Waals surface area contributed by atoms with Crippen molar-refractivity contribution in [2.75, 3.05) is 5.88 Å². The molecule has 0 saturated carbocycles. The minimum Gasteiger partial charge on any atom is -0.478 e. The standard InChI is InChI=1S/C10H10ClN3O4/c1-5-2-6(14(17)18)3-7(10(15)16)9(5)13-8(12)4-11/h2-3H,4H2,1H3,(H2,12,13)(H,15,16). The molecule has 0 heterocycles. The second-order valence-electron chi connectivity index (χ2n) is 3.46. The van der Waals surface area contributed by atoms with Gasteiger partial charge in [-0.15, -0.1) is 11.6 Å². The van der Waals surface area contributed by atoms with Gasteiger partial charge < -0.3 is 10.8 Å². The number of nitro benzene ring substituents is 1. The summed E-state index contributed by atoms with van der Waals surface area (Å²) in [5.41, 5.74) is 5.26. The Kier molecular flexibility index (Phi) is 4.22. The van der Waals surface area contributed by atoms with Gasteiger partial charge in [-0.05, 0) is 12.5 Å². The number of non-ortho nitro benzene ring substituents is 1. The summed E-state index contributed by atoms with van der Waals surface area (Å²) in [6.45, 7) is 1.51. The fraction of sp³-hybridized carbons (Fsp3) is 0.200. The molecule has 1 rings (SSSR count). The summed E-state index contributed by atoms with van der Waals surface area (Å²) >= 11 is 5.46. The topological polar surface area (TPSA) is 119 Å². The van der Waals surface area contributed by atoms with Crippen LogP contribution in [0.5, 0.6) is 0 Å². The summed E-state index contributed by atoms with van der Waals surface area (Å²) in [4.78, 5) is 24.9. The maximum absolute atomic E-state index is 11.1. The van der Waals surface area contributed by atoms with Crippen LogP contribution in [0.3, 0.4) is 0 Å². The molecule has 96 valence electrons. The van der Waals surface area contributed by atoms with E-state index in [1.54, 1.807) is 0 Å². The van der Waals surface area contributed by atoms with Crippen molar-refractivity contribution in [1.82, 2.24) is 0 Å². The molecule has 1 aromatic rings. The Labute approximate surface area is 107 Å². The number of aryl methyl sites for hydroxylation is 1. The van der Waals surface area contributed by atoms with Crippen molar-refractivity contribution in [3.05, 3.63) is 33.4 Å². The van der Waals surface area contributed by atoms with Crippen LogP contribution >= 0.6 is 11.6 Å². The van der Waals surface area contributed by atoms with Crippen molar-refractivity contribution in [2.45, 2.75) is 6.92 Å². The lowest BCUT2D eigenvalue weighted by Gasteiger charge is -2.06.